The molecule has 1 heterocycles. The van der Waals surface area contributed by atoms with Gasteiger partial charge in [0.05, 0.1) is 0 Å². The van der Waals surface area contributed by atoms with Crippen LogP contribution in [0.3, 0.4) is 0 Å². The van der Waals surface area contributed by atoms with Crippen LogP contribution in [0.25, 0.3) is 0 Å². The molecular formula is C26H33NO3. The normalized spacial score (nSPS) is 30.3. The Morgan fingerprint density at radius 3 is 2.40 bits per heavy atom. The lowest BCUT2D eigenvalue weighted by Gasteiger charge is -2.59. The second-order valence-electron chi connectivity index (χ2n) is 10.0. The summed E-state index contributed by atoms with van der Waals surface area (Å²) in [6, 6.07) is 11.8. The van der Waals surface area contributed by atoms with Gasteiger partial charge in [-0.2, -0.15) is 0 Å². The number of furan rings is 1. The van der Waals surface area contributed by atoms with Crippen LogP contribution in [0.1, 0.15) is 73.7 Å². The molecule has 1 amide bonds. The zero-order valence-electron chi connectivity index (χ0n) is 18.2. The van der Waals surface area contributed by atoms with E-state index in [1.807, 2.05) is 37.3 Å². The quantitative estimate of drug-likeness (QED) is 0.622. The maximum absolute atomic E-state index is 13.0. The van der Waals surface area contributed by atoms with Crippen LogP contribution in [0.4, 0.5) is 0 Å². The third-order valence-corrected chi connectivity index (χ3v) is 7.89. The number of carbonyl (C=O) groups is 1. The van der Waals surface area contributed by atoms with Gasteiger partial charge >= 0.3 is 0 Å². The summed E-state index contributed by atoms with van der Waals surface area (Å²) in [5.74, 6) is 4.48. The van der Waals surface area contributed by atoms with Gasteiger partial charge in [0.25, 0.3) is 5.91 Å². The van der Waals surface area contributed by atoms with Crippen LogP contribution in [-0.2, 0) is 6.61 Å². The number of para-hydroxylation sites is 1. The van der Waals surface area contributed by atoms with Gasteiger partial charge in [0, 0.05) is 6.04 Å². The average molecular weight is 408 g/mol. The van der Waals surface area contributed by atoms with Gasteiger partial charge in [0.1, 0.15) is 18.1 Å². The average Bonchev–Trinajstić information content (AvgIpc) is 3.19. The first kappa shape index (κ1) is 19.7. The molecule has 1 aromatic carbocycles. The lowest BCUT2D eigenvalue weighted by Crippen LogP contribution is -2.56. The van der Waals surface area contributed by atoms with Crippen molar-refractivity contribution < 1.29 is 13.9 Å². The fourth-order valence-corrected chi connectivity index (χ4v) is 6.97. The van der Waals surface area contributed by atoms with Gasteiger partial charge in [-0.25, -0.2) is 0 Å². The molecule has 4 saturated carbocycles. The molecule has 1 aromatic heterocycles. The first-order chi connectivity index (χ1) is 14.5. The largest absolute Gasteiger partial charge is 0.485 e. The Hall–Kier alpha value is -2.23. The monoisotopic (exact) mass is 407 g/mol. The van der Waals surface area contributed by atoms with E-state index in [9.17, 15) is 4.79 Å². The van der Waals surface area contributed by atoms with Gasteiger partial charge in [-0.1, -0.05) is 25.1 Å². The molecule has 4 fully saturated rings. The zero-order valence-corrected chi connectivity index (χ0v) is 18.2. The lowest BCUT2D eigenvalue weighted by molar-refractivity contribution is -0.0728. The molecule has 6 rings (SSSR count). The minimum atomic E-state index is -0.0836. The van der Waals surface area contributed by atoms with Crippen LogP contribution in [0, 0.1) is 30.1 Å². The number of rotatable bonds is 7. The molecule has 4 aliphatic rings. The summed E-state index contributed by atoms with van der Waals surface area (Å²) in [5.41, 5.74) is 1.39. The molecule has 1 atom stereocenters. The van der Waals surface area contributed by atoms with Crippen LogP contribution in [0.15, 0.2) is 40.8 Å². The summed E-state index contributed by atoms with van der Waals surface area (Å²) in [4.78, 5) is 13.0. The first-order valence-corrected chi connectivity index (χ1v) is 11.6. The number of hydrogen-bond donors (Lipinski definition) is 1. The molecule has 4 heteroatoms. The molecule has 0 aliphatic heterocycles. The summed E-state index contributed by atoms with van der Waals surface area (Å²) in [6.45, 7) is 4.56. The second kappa shape index (κ2) is 7.79. The third-order valence-electron chi connectivity index (χ3n) is 7.89. The number of hydrogen-bond acceptors (Lipinski definition) is 3. The summed E-state index contributed by atoms with van der Waals surface area (Å²) < 4.78 is 11.7. The molecule has 1 N–H and O–H groups in total. The Morgan fingerprint density at radius 1 is 1.10 bits per heavy atom. The van der Waals surface area contributed by atoms with E-state index in [0.29, 0.717) is 23.5 Å². The van der Waals surface area contributed by atoms with Gasteiger partial charge in [-0.15, -0.1) is 0 Å². The number of benzene rings is 1. The summed E-state index contributed by atoms with van der Waals surface area (Å²) in [7, 11) is 0. The number of carbonyl (C=O) groups excluding carboxylic acids is 1. The minimum absolute atomic E-state index is 0.0836. The number of aryl methyl sites for hydroxylation is 1. The van der Waals surface area contributed by atoms with Crippen molar-refractivity contribution in [2.45, 2.75) is 71.4 Å². The van der Waals surface area contributed by atoms with Crippen LogP contribution >= 0.6 is 0 Å². The van der Waals surface area contributed by atoms with E-state index in [0.717, 1.165) is 35.5 Å². The molecule has 30 heavy (non-hydrogen) atoms. The standard InChI is InChI=1S/C26H33NO3/c1-3-24(26-13-18-10-19(14-26)12-20(11-18)15-26)27-25(28)23-9-8-21(30-23)16-29-22-7-5-4-6-17(22)2/h4-9,18-20,24H,3,10-16H2,1-2H3,(H,27,28). The Bertz CT molecular complexity index is 879. The van der Waals surface area contributed by atoms with Gasteiger partial charge in [-0.05, 0) is 98.8 Å². The molecule has 0 radical (unpaired) electrons. The van der Waals surface area contributed by atoms with Crippen molar-refractivity contribution in [2.24, 2.45) is 23.2 Å². The van der Waals surface area contributed by atoms with Crippen molar-refractivity contribution in [1.82, 2.24) is 5.32 Å². The molecule has 4 bridgehead atoms. The van der Waals surface area contributed by atoms with Crippen LogP contribution < -0.4 is 10.1 Å². The van der Waals surface area contributed by atoms with Crippen LogP contribution in [0.2, 0.25) is 0 Å². The van der Waals surface area contributed by atoms with E-state index >= 15 is 0 Å². The van der Waals surface area contributed by atoms with Gasteiger partial charge in [0.2, 0.25) is 0 Å². The molecule has 160 valence electrons. The highest BCUT2D eigenvalue weighted by Crippen LogP contribution is 2.61. The van der Waals surface area contributed by atoms with E-state index < -0.39 is 0 Å². The lowest BCUT2D eigenvalue weighted by atomic mass is 9.47. The molecule has 2 aromatic rings. The Balaban J connectivity index is 1.23. The highest BCUT2D eigenvalue weighted by Gasteiger charge is 2.54. The summed E-state index contributed by atoms with van der Waals surface area (Å²) in [6.07, 6.45) is 9.15. The van der Waals surface area contributed by atoms with Crippen molar-refractivity contribution in [1.29, 1.82) is 0 Å². The van der Waals surface area contributed by atoms with Crippen LogP contribution in [-0.4, -0.2) is 11.9 Å². The molecule has 0 saturated heterocycles. The maximum Gasteiger partial charge on any atom is 0.287 e. The van der Waals surface area contributed by atoms with Crippen molar-refractivity contribution in [2.75, 3.05) is 0 Å². The van der Waals surface area contributed by atoms with E-state index in [-0.39, 0.29) is 11.9 Å². The number of nitrogens with one attached hydrogen (secondary N) is 1. The summed E-state index contributed by atoms with van der Waals surface area (Å²) in [5, 5.41) is 3.36. The van der Waals surface area contributed by atoms with Crippen molar-refractivity contribution in [3.8, 4) is 5.75 Å². The van der Waals surface area contributed by atoms with E-state index in [4.69, 9.17) is 9.15 Å². The Kier molecular flexibility index (Phi) is 5.12. The van der Waals surface area contributed by atoms with E-state index in [1.165, 1.54) is 38.5 Å². The Morgan fingerprint density at radius 2 is 1.77 bits per heavy atom. The maximum atomic E-state index is 13.0. The van der Waals surface area contributed by atoms with Crippen molar-refractivity contribution >= 4 is 5.91 Å². The molecule has 4 aliphatic carbocycles. The SMILES string of the molecule is CCC(NC(=O)c1ccc(COc2ccccc2C)o1)C12CC3CC(CC(C3)C1)C2. The number of ether oxygens (including phenoxy) is 1. The van der Waals surface area contributed by atoms with E-state index in [2.05, 4.69) is 12.2 Å². The van der Waals surface area contributed by atoms with E-state index in [1.54, 1.807) is 6.07 Å². The smallest absolute Gasteiger partial charge is 0.287 e. The van der Waals surface area contributed by atoms with Crippen molar-refractivity contribution in [3.05, 3.63) is 53.5 Å². The highest BCUT2D eigenvalue weighted by molar-refractivity contribution is 5.91. The predicted octanol–water partition coefficient (Wildman–Crippen LogP) is 5.89. The Labute approximate surface area is 179 Å². The molecular weight excluding hydrogens is 374 g/mol. The fraction of sp³-hybridized carbons (Fsp3) is 0.577. The highest BCUT2D eigenvalue weighted by atomic mass is 16.5. The molecule has 4 nitrogen and oxygen atoms in total. The van der Waals surface area contributed by atoms with Gasteiger partial charge < -0.3 is 14.5 Å². The van der Waals surface area contributed by atoms with Crippen molar-refractivity contribution in [3.63, 3.8) is 0 Å². The molecule has 1 unspecified atom stereocenters. The number of amides is 1. The van der Waals surface area contributed by atoms with Crippen LogP contribution in [0.5, 0.6) is 5.75 Å². The minimum Gasteiger partial charge on any atom is -0.485 e. The third kappa shape index (κ3) is 3.66. The predicted molar refractivity (Wildman–Crippen MR) is 116 cm³/mol. The summed E-state index contributed by atoms with van der Waals surface area (Å²) >= 11 is 0. The van der Waals surface area contributed by atoms with Gasteiger partial charge in [0.15, 0.2) is 5.76 Å². The second-order valence-corrected chi connectivity index (χ2v) is 10.0. The first-order valence-electron chi connectivity index (χ1n) is 11.6. The fourth-order valence-electron chi connectivity index (χ4n) is 6.97. The topological polar surface area (TPSA) is 51.5 Å². The zero-order chi connectivity index (χ0) is 20.7. The molecule has 0 spiro atoms. The van der Waals surface area contributed by atoms with Gasteiger partial charge in [-0.3, -0.25) is 4.79 Å².